The zero-order chi connectivity index (χ0) is 20.8. The van der Waals surface area contributed by atoms with E-state index in [9.17, 15) is 14.4 Å². The molecule has 1 spiro atoms. The maximum atomic E-state index is 13.6. The van der Waals surface area contributed by atoms with Crippen molar-refractivity contribution in [2.45, 2.75) is 20.3 Å². The molecule has 0 bridgehead atoms. The van der Waals surface area contributed by atoms with Gasteiger partial charge in [-0.1, -0.05) is 17.7 Å². The maximum Gasteiger partial charge on any atom is 0.335 e. The second kappa shape index (κ2) is 6.92. The summed E-state index contributed by atoms with van der Waals surface area (Å²) < 4.78 is 5.43. The van der Waals surface area contributed by atoms with Gasteiger partial charge in [-0.3, -0.25) is 14.9 Å². The molecule has 4 amide bonds. The summed E-state index contributed by atoms with van der Waals surface area (Å²) in [7, 11) is 1.85. The van der Waals surface area contributed by atoms with Crippen molar-refractivity contribution in [3.63, 3.8) is 0 Å². The Labute approximate surface area is 169 Å². The Hall–Kier alpha value is -3.35. The molecule has 0 saturated carbocycles. The number of carbonyl (C=O) groups is 3. The molecule has 1 N–H and O–H groups in total. The topological polar surface area (TPSA) is 79.0 Å². The maximum absolute atomic E-state index is 13.6. The largest absolute Gasteiger partial charge is 0.494 e. The standard InChI is InChI=1S/C22H23N3O4/c1-4-29-17-8-6-16(7-9-17)25-20(27)22(19(26)23-21(25)28)12-15-11-14(2)5-10-18(15)24(3)13-22/h5-11H,4,12-13H2,1-3H3,(H,23,26,28)/t22-/m0/s1. The molecule has 29 heavy (non-hydrogen) atoms. The summed E-state index contributed by atoms with van der Waals surface area (Å²) in [6, 6.07) is 12.0. The molecule has 2 heterocycles. The van der Waals surface area contributed by atoms with E-state index in [1.807, 2.05) is 44.0 Å². The molecule has 1 atom stereocenters. The van der Waals surface area contributed by atoms with E-state index in [2.05, 4.69) is 5.32 Å². The Morgan fingerprint density at radius 3 is 2.52 bits per heavy atom. The summed E-state index contributed by atoms with van der Waals surface area (Å²) in [5, 5.41) is 2.39. The quantitative estimate of drug-likeness (QED) is 0.811. The molecule has 1 fully saturated rings. The lowest BCUT2D eigenvalue weighted by Crippen LogP contribution is -2.68. The SMILES string of the molecule is CCOc1ccc(N2C(=O)NC(=O)[C@@]3(Cc4cc(C)ccc4N(C)C3)C2=O)cc1. The van der Waals surface area contributed by atoms with Gasteiger partial charge in [-0.2, -0.15) is 0 Å². The number of aryl methyl sites for hydroxylation is 1. The van der Waals surface area contributed by atoms with Crippen molar-refractivity contribution in [1.82, 2.24) is 5.32 Å². The first-order valence-electron chi connectivity index (χ1n) is 9.59. The smallest absolute Gasteiger partial charge is 0.335 e. The number of imide groups is 2. The van der Waals surface area contributed by atoms with Gasteiger partial charge >= 0.3 is 6.03 Å². The van der Waals surface area contributed by atoms with Crippen LogP contribution >= 0.6 is 0 Å². The van der Waals surface area contributed by atoms with Gasteiger partial charge in [0.2, 0.25) is 5.91 Å². The lowest BCUT2D eigenvalue weighted by Gasteiger charge is -2.45. The lowest BCUT2D eigenvalue weighted by molar-refractivity contribution is -0.142. The number of carbonyl (C=O) groups excluding carboxylic acids is 3. The van der Waals surface area contributed by atoms with E-state index in [0.29, 0.717) is 18.0 Å². The molecule has 2 aromatic rings. The van der Waals surface area contributed by atoms with Gasteiger partial charge in [0, 0.05) is 19.3 Å². The van der Waals surface area contributed by atoms with Crippen LogP contribution in [0.2, 0.25) is 0 Å². The number of anilines is 2. The average molecular weight is 393 g/mol. The van der Waals surface area contributed by atoms with Crippen molar-refractivity contribution in [3.05, 3.63) is 53.6 Å². The summed E-state index contributed by atoms with van der Waals surface area (Å²) in [6.45, 7) is 4.57. The highest BCUT2D eigenvalue weighted by molar-refractivity contribution is 6.30. The van der Waals surface area contributed by atoms with Gasteiger partial charge in [-0.15, -0.1) is 0 Å². The number of barbiturate groups is 1. The Bertz CT molecular complexity index is 1000. The molecule has 2 aliphatic rings. The highest BCUT2D eigenvalue weighted by Gasteiger charge is 2.56. The second-order valence-corrected chi connectivity index (χ2v) is 7.57. The van der Waals surface area contributed by atoms with Gasteiger partial charge in [0.1, 0.15) is 5.75 Å². The highest BCUT2D eigenvalue weighted by atomic mass is 16.5. The van der Waals surface area contributed by atoms with Gasteiger partial charge in [0.15, 0.2) is 5.41 Å². The number of fused-ring (bicyclic) bond motifs is 1. The minimum Gasteiger partial charge on any atom is -0.494 e. The van der Waals surface area contributed by atoms with E-state index >= 15 is 0 Å². The van der Waals surface area contributed by atoms with Crippen LogP contribution in [-0.2, 0) is 16.0 Å². The van der Waals surface area contributed by atoms with E-state index in [-0.39, 0.29) is 13.0 Å². The van der Waals surface area contributed by atoms with E-state index in [1.54, 1.807) is 24.3 Å². The van der Waals surface area contributed by atoms with E-state index in [0.717, 1.165) is 21.7 Å². The highest BCUT2D eigenvalue weighted by Crippen LogP contribution is 2.40. The molecule has 0 radical (unpaired) electrons. The first-order chi connectivity index (χ1) is 13.9. The second-order valence-electron chi connectivity index (χ2n) is 7.57. The Morgan fingerprint density at radius 1 is 1.10 bits per heavy atom. The molecule has 2 aromatic carbocycles. The van der Waals surface area contributed by atoms with Crippen LogP contribution in [0.3, 0.4) is 0 Å². The molecule has 7 heteroatoms. The predicted molar refractivity (Wildman–Crippen MR) is 109 cm³/mol. The Morgan fingerprint density at radius 2 is 1.83 bits per heavy atom. The van der Waals surface area contributed by atoms with Crippen LogP contribution in [0, 0.1) is 12.3 Å². The molecular weight excluding hydrogens is 370 g/mol. The van der Waals surface area contributed by atoms with Crippen molar-refractivity contribution in [2.75, 3.05) is 30.0 Å². The van der Waals surface area contributed by atoms with Crippen molar-refractivity contribution in [1.29, 1.82) is 0 Å². The van der Waals surface area contributed by atoms with Crippen molar-refractivity contribution < 1.29 is 19.1 Å². The molecule has 0 aliphatic carbocycles. The normalized spacial score (nSPS) is 21.3. The first kappa shape index (κ1) is 19.0. The number of hydrogen-bond donors (Lipinski definition) is 1. The molecule has 150 valence electrons. The number of benzene rings is 2. The fourth-order valence-electron chi connectivity index (χ4n) is 4.16. The Kier molecular flexibility index (Phi) is 4.53. The summed E-state index contributed by atoms with van der Waals surface area (Å²) in [5.74, 6) is -0.406. The van der Waals surface area contributed by atoms with Gasteiger partial charge < -0.3 is 9.64 Å². The van der Waals surface area contributed by atoms with Crippen LogP contribution in [0.25, 0.3) is 0 Å². The summed E-state index contributed by atoms with van der Waals surface area (Å²) >= 11 is 0. The van der Waals surface area contributed by atoms with E-state index < -0.39 is 23.3 Å². The molecule has 7 nitrogen and oxygen atoms in total. The third kappa shape index (κ3) is 3.03. The van der Waals surface area contributed by atoms with Gasteiger partial charge in [-0.25, -0.2) is 9.69 Å². The lowest BCUT2D eigenvalue weighted by atomic mass is 9.74. The predicted octanol–water partition coefficient (Wildman–Crippen LogP) is 2.66. The van der Waals surface area contributed by atoms with Crippen LogP contribution in [0.15, 0.2) is 42.5 Å². The number of nitrogens with one attached hydrogen (secondary N) is 1. The van der Waals surface area contributed by atoms with Gasteiger partial charge in [0.05, 0.1) is 12.3 Å². The zero-order valence-corrected chi connectivity index (χ0v) is 16.7. The summed E-state index contributed by atoms with van der Waals surface area (Å²) in [6.07, 6.45) is 0.250. The van der Waals surface area contributed by atoms with Crippen molar-refractivity contribution in [3.8, 4) is 5.75 Å². The summed E-state index contributed by atoms with van der Waals surface area (Å²) in [4.78, 5) is 42.0. The van der Waals surface area contributed by atoms with E-state index in [1.165, 1.54) is 0 Å². The van der Waals surface area contributed by atoms with Crippen LogP contribution in [0.5, 0.6) is 5.75 Å². The number of urea groups is 1. The zero-order valence-electron chi connectivity index (χ0n) is 16.7. The fourth-order valence-corrected chi connectivity index (χ4v) is 4.16. The van der Waals surface area contributed by atoms with Gasteiger partial charge in [-0.05, 0) is 56.2 Å². The molecule has 1 saturated heterocycles. The average Bonchev–Trinajstić information content (AvgIpc) is 2.68. The monoisotopic (exact) mass is 393 g/mol. The van der Waals surface area contributed by atoms with Crippen molar-refractivity contribution in [2.24, 2.45) is 5.41 Å². The minimum absolute atomic E-state index is 0.203. The third-order valence-corrected chi connectivity index (χ3v) is 5.52. The van der Waals surface area contributed by atoms with E-state index in [4.69, 9.17) is 4.74 Å². The number of ether oxygens (including phenoxy) is 1. The number of nitrogens with zero attached hydrogens (tertiary/aromatic N) is 2. The molecule has 0 unspecified atom stereocenters. The first-order valence-corrected chi connectivity index (χ1v) is 9.59. The van der Waals surface area contributed by atoms with Crippen molar-refractivity contribution >= 4 is 29.2 Å². The summed E-state index contributed by atoms with van der Waals surface area (Å²) in [5.41, 5.74) is 2.01. The van der Waals surface area contributed by atoms with Crippen LogP contribution < -0.4 is 19.9 Å². The molecular formula is C22H23N3O4. The number of rotatable bonds is 3. The van der Waals surface area contributed by atoms with Crippen LogP contribution in [-0.4, -0.2) is 38.0 Å². The Balaban J connectivity index is 1.74. The molecule has 4 rings (SSSR count). The van der Waals surface area contributed by atoms with Crippen LogP contribution in [0.4, 0.5) is 16.2 Å². The van der Waals surface area contributed by atoms with Crippen LogP contribution in [0.1, 0.15) is 18.1 Å². The number of hydrogen-bond acceptors (Lipinski definition) is 5. The molecule has 2 aliphatic heterocycles. The molecule has 0 aromatic heterocycles. The minimum atomic E-state index is -1.36. The number of amides is 4. The third-order valence-electron chi connectivity index (χ3n) is 5.52. The van der Waals surface area contributed by atoms with Gasteiger partial charge in [0.25, 0.3) is 5.91 Å². The fraction of sp³-hybridized carbons (Fsp3) is 0.318.